The molecule has 2 aliphatic heterocycles. The third-order valence-electron chi connectivity index (χ3n) is 5.04. The first-order chi connectivity index (χ1) is 17.5. The highest BCUT2D eigenvalue weighted by Crippen LogP contribution is 2.33. The molecule has 13 heteroatoms. The number of amidine groups is 2. The number of hydrogen-bond donors (Lipinski definition) is 1. The molecule has 10 nitrogen and oxygen atoms in total. The van der Waals surface area contributed by atoms with Crippen molar-refractivity contribution in [2.45, 2.75) is 13.8 Å². The summed E-state index contributed by atoms with van der Waals surface area (Å²) < 4.78 is 48.7. The van der Waals surface area contributed by atoms with Crippen molar-refractivity contribution in [2.75, 3.05) is 12.9 Å². The molecule has 192 valence electrons. The molecule has 2 aliphatic rings. The molecule has 2 heterocycles. The van der Waals surface area contributed by atoms with Crippen LogP contribution >= 0.6 is 11.8 Å². The van der Waals surface area contributed by atoms with E-state index in [1.807, 2.05) is 0 Å². The molecule has 4 rings (SSSR count). The van der Waals surface area contributed by atoms with Gasteiger partial charge in [-0.05, 0) is 65.7 Å². The van der Waals surface area contributed by atoms with E-state index >= 15 is 0 Å². The Morgan fingerprint density at radius 3 is 2.54 bits per heavy atom. The van der Waals surface area contributed by atoms with Crippen molar-refractivity contribution in [2.24, 2.45) is 16.0 Å². The number of halogens is 1. The van der Waals surface area contributed by atoms with E-state index in [-0.39, 0.29) is 49.7 Å². The summed E-state index contributed by atoms with van der Waals surface area (Å²) in [6.07, 6.45) is 1.37. The predicted octanol–water partition coefficient (Wildman–Crippen LogP) is 3.70. The number of rotatable bonds is 6. The van der Waals surface area contributed by atoms with E-state index in [1.54, 1.807) is 13.8 Å². The van der Waals surface area contributed by atoms with Crippen molar-refractivity contribution in [3.63, 3.8) is 0 Å². The van der Waals surface area contributed by atoms with E-state index in [1.165, 1.54) is 43.5 Å². The number of hydrazone groups is 1. The second-order valence-corrected chi connectivity index (χ2v) is 11.5. The summed E-state index contributed by atoms with van der Waals surface area (Å²) in [4.78, 5) is 29.0. The lowest BCUT2D eigenvalue weighted by Crippen LogP contribution is -2.35. The van der Waals surface area contributed by atoms with Gasteiger partial charge in [0.1, 0.15) is 5.82 Å². The van der Waals surface area contributed by atoms with Crippen LogP contribution in [0.5, 0.6) is 11.5 Å². The largest absolute Gasteiger partial charge is 0.493 e. The summed E-state index contributed by atoms with van der Waals surface area (Å²) in [6, 6.07) is 9.31. The first-order valence-electron chi connectivity index (χ1n) is 10.9. The summed E-state index contributed by atoms with van der Waals surface area (Å²) >= 11 is 0.732. The number of carbonyl (C=O) groups is 2. The van der Waals surface area contributed by atoms with Crippen LogP contribution in [-0.2, 0) is 14.6 Å². The van der Waals surface area contributed by atoms with Gasteiger partial charge in [0.15, 0.2) is 17.3 Å². The normalized spacial score (nSPS) is 16.6. The van der Waals surface area contributed by atoms with Gasteiger partial charge in [-0.15, -0.1) is 5.10 Å². The van der Waals surface area contributed by atoms with E-state index in [0.29, 0.717) is 5.56 Å². The van der Waals surface area contributed by atoms with Crippen molar-refractivity contribution in [3.05, 3.63) is 65.0 Å². The summed E-state index contributed by atoms with van der Waals surface area (Å²) in [7, 11) is -2.33. The fourth-order valence-electron chi connectivity index (χ4n) is 3.38. The van der Waals surface area contributed by atoms with Gasteiger partial charge in [0, 0.05) is 0 Å². The van der Waals surface area contributed by atoms with Gasteiger partial charge in [-0.3, -0.25) is 10.2 Å². The standard InChI is InChI=1S/C24H21FN4O6S2/c1-13(2)12-37(32,33)24-28-29-20(26)17(21(30)27-23(29)36-24)10-14-4-9-18(19(11-14)34-3)35-22(31)15-5-7-16(25)8-6-15/h4-11,13,26H,12H2,1-3H3/b17-10+,26-20?. The summed E-state index contributed by atoms with van der Waals surface area (Å²) in [6.45, 7) is 3.52. The number of fused-ring (bicyclic) bond motifs is 1. The van der Waals surface area contributed by atoms with Gasteiger partial charge in [0.25, 0.3) is 5.91 Å². The molecule has 0 aromatic heterocycles. The Morgan fingerprint density at radius 1 is 1.19 bits per heavy atom. The van der Waals surface area contributed by atoms with Gasteiger partial charge in [0.2, 0.25) is 19.4 Å². The number of ether oxygens (including phenoxy) is 2. The first-order valence-corrected chi connectivity index (χ1v) is 13.3. The number of amides is 1. The second-order valence-electron chi connectivity index (χ2n) is 8.37. The number of nitrogens with one attached hydrogen (secondary N) is 1. The molecule has 0 atom stereocenters. The molecule has 1 N–H and O–H groups in total. The predicted molar refractivity (Wildman–Crippen MR) is 138 cm³/mol. The molecular weight excluding hydrogens is 523 g/mol. The number of methoxy groups -OCH3 is 1. The molecule has 0 bridgehead atoms. The second kappa shape index (κ2) is 10.3. The third kappa shape index (κ3) is 5.62. The fourth-order valence-corrected chi connectivity index (χ4v) is 6.17. The number of carbonyl (C=O) groups excluding carboxylic acids is 2. The number of thioether (sulfide) groups is 1. The summed E-state index contributed by atoms with van der Waals surface area (Å²) in [5.74, 6) is -2.26. The molecular formula is C24H21FN4O6S2. The fraction of sp³-hybridized carbons (Fsp3) is 0.208. The topological polar surface area (TPSA) is 139 Å². The lowest BCUT2D eigenvalue weighted by molar-refractivity contribution is -0.114. The molecule has 0 aliphatic carbocycles. The molecule has 0 saturated carbocycles. The smallest absolute Gasteiger partial charge is 0.343 e. The molecule has 1 amide bonds. The number of esters is 1. The van der Waals surface area contributed by atoms with Crippen LogP contribution in [0.2, 0.25) is 0 Å². The highest BCUT2D eigenvalue weighted by Gasteiger charge is 2.39. The van der Waals surface area contributed by atoms with Crippen LogP contribution in [0, 0.1) is 17.1 Å². The van der Waals surface area contributed by atoms with Gasteiger partial charge in [-0.1, -0.05) is 19.9 Å². The van der Waals surface area contributed by atoms with E-state index in [9.17, 15) is 22.4 Å². The van der Waals surface area contributed by atoms with Crippen LogP contribution in [0.25, 0.3) is 6.08 Å². The average molecular weight is 545 g/mol. The monoisotopic (exact) mass is 544 g/mol. The van der Waals surface area contributed by atoms with Gasteiger partial charge in [-0.25, -0.2) is 17.6 Å². The van der Waals surface area contributed by atoms with Gasteiger partial charge >= 0.3 is 5.97 Å². The van der Waals surface area contributed by atoms with Crippen LogP contribution in [0.3, 0.4) is 0 Å². The number of benzene rings is 2. The van der Waals surface area contributed by atoms with E-state index in [4.69, 9.17) is 14.9 Å². The Morgan fingerprint density at radius 2 is 1.89 bits per heavy atom. The number of sulfone groups is 1. The Hall–Kier alpha value is -3.84. The zero-order valence-corrected chi connectivity index (χ0v) is 21.5. The van der Waals surface area contributed by atoms with Crippen LogP contribution in [0.15, 0.2) is 58.1 Å². The van der Waals surface area contributed by atoms with Crippen LogP contribution in [0.4, 0.5) is 4.39 Å². The number of hydrogen-bond acceptors (Lipinski definition) is 9. The molecule has 0 fully saturated rings. The highest BCUT2D eigenvalue weighted by molar-refractivity contribution is 8.42. The van der Waals surface area contributed by atoms with Crippen LogP contribution in [-0.4, -0.2) is 53.5 Å². The minimum atomic E-state index is -3.69. The SMILES string of the molecule is COc1cc(/C=C2\C(=N)N3N=C(S(=O)(=O)CC(C)C)SC3=NC2=O)ccc1OC(=O)c1ccc(F)cc1. The lowest BCUT2D eigenvalue weighted by atomic mass is 10.1. The van der Waals surface area contributed by atoms with Crippen LogP contribution in [0.1, 0.15) is 29.8 Å². The maximum Gasteiger partial charge on any atom is 0.343 e. The van der Waals surface area contributed by atoms with Crippen molar-refractivity contribution in [1.82, 2.24) is 5.01 Å². The maximum absolute atomic E-state index is 13.1. The summed E-state index contributed by atoms with van der Waals surface area (Å²) in [5.41, 5.74) is 0.450. The first kappa shape index (κ1) is 26.2. The summed E-state index contributed by atoms with van der Waals surface area (Å²) in [5, 5.41) is 13.5. The van der Waals surface area contributed by atoms with Gasteiger partial charge in [0.05, 0.1) is 24.0 Å². The van der Waals surface area contributed by atoms with Crippen molar-refractivity contribution in [1.29, 1.82) is 5.41 Å². The van der Waals surface area contributed by atoms with Gasteiger partial charge < -0.3 is 9.47 Å². The van der Waals surface area contributed by atoms with Crippen molar-refractivity contribution < 1.29 is 31.9 Å². The van der Waals surface area contributed by atoms with Gasteiger partial charge in [-0.2, -0.15) is 10.0 Å². The van der Waals surface area contributed by atoms with E-state index in [0.717, 1.165) is 28.9 Å². The highest BCUT2D eigenvalue weighted by atomic mass is 32.3. The maximum atomic E-state index is 13.1. The Balaban J connectivity index is 1.58. The average Bonchev–Trinajstić information content (AvgIpc) is 3.27. The molecule has 0 saturated heterocycles. The van der Waals surface area contributed by atoms with E-state index in [2.05, 4.69) is 10.1 Å². The van der Waals surface area contributed by atoms with Crippen molar-refractivity contribution in [3.8, 4) is 11.5 Å². The quantitative estimate of drug-likeness (QED) is 0.330. The van der Waals surface area contributed by atoms with Crippen molar-refractivity contribution >= 4 is 54.9 Å². The molecule has 0 unspecified atom stereocenters. The molecule has 2 aromatic carbocycles. The minimum absolute atomic E-state index is 0.00452. The Kier molecular flexibility index (Phi) is 7.28. The number of nitrogens with zero attached hydrogens (tertiary/aromatic N) is 3. The minimum Gasteiger partial charge on any atom is -0.493 e. The molecule has 2 aromatic rings. The Bertz CT molecular complexity index is 1500. The van der Waals surface area contributed by atoms with E-state index < -0.39 is 27.5 Å². The zero-order chi connectivity index (χ0) is 26.9. The molecule has 37 heavy (non-hydrogen) atoms. The molecule has 0 spiro atoms. The lowest BCUT2D eigenvalue weighted by Gasteiger charge is -2.20. The van der Waals surface area contributed by atoms with Crippen LogP contribution < -0.4 is 9.47 Å². The molecule has 0 radical (unpaired) electrons. The number of aliphatic imine (C=N–C) groups is 1. The third-order valence-corrected chi connectivity index (χ3v) is 8.47. The zero-order valence-electron chi connectivity index (χ0n) is 19.9. The Labute approximate surface area is 216 Å².